The van der Waals surface area contributed by atoms with Gasteiger partial charge in [-0.05, 0) is 31.7 Å². The summed E-state index contributed by atoms with van der Waals surface area (Å²) >= 11 is 0. The number of piperidine rings is 1. The zero-order chi connectivity index (χ0) is 12.3. The summed E-state index contributed by atoms with van der Waals surface area (Å²) in [6, 6.07) is -0.243. The standard InChI is InChI=1S/C12H24N2O2/c1-9(8-15)14(4)11(16)10-12(2,3)6-5-7-13-10/h9-10,13,15H,5-8H2,1-4H3. The van der Waals surface area contributed by atoms with E-state index in [1.54, 1.807) is 11.9 Å². The molecule has 2 atom stereocenters. The van der Waals surface area contributed by atoms with E-state index >= 15 is 0 Å². The molecule has 2 unspecified atom stereocenters. The molecule has 94 valence electrons. The number of aliphatic hydroxyl groups excluding tert-OH is 1. The predicted molar refractivity (Wildman–Crippen MR) is 64.1 cm³/mol. The highest BCUT2D eigenvalue weighted by Crippen LogP contribution is 2.31. The molecule has 0 saturated carbocycles. The predicted octanol–water partition coefficient (Wildman–Crippen LogP) is 0.604. The van der Waals surface area contributed by atoms with Crippen LogP contribution in [0.15, 0.2) is 0 Å². The van der Waals surface area contributed by atoms with Gasteiger partial charge < -0.3 is 15.3 Å². The smallest absolute Gasteiger partial charge is 0.240 e. The second kappa shape index (κ2) is 5.15. The lowest BCUT2D eigenvalue weighted by molar-refractivity contribution is -0.138. The summed E-state index contributed by atoms with van der Waals surface area (Å²) < 4.78 is 0. The van der Waals surface area contributed by atoms with Crippen molar-refractivity contribution in [1.82, 2.24) is 10.2 Å². The van der Waals surface area contributed by atoms with Crippen LogP contribution in [0.2, 0.25) is 0 Å². The minimum absolute atomic E-state index is 0.00122. The lowest BCUT2D eigenvalue weighted by atomic mass is 9.77. The van der Waals surface area contributed by atoms with Gasteiger partial charge in [-0.2, -0.15) is 0 Å². The molecule has 16 heavy (non-hydrogen) atoms. The van der Waals surface area contributed by atoms with Crippen molar-refractivity contribution in [3.8, 4) is 0 Å². The average Bonchev–Trinajstić information content (AvgIpc) is 2.25. The Hall–Kier alpha value is -0.610. The molecular weight excluding hydrogens is 204 g/mol. The Morgan fingerprint density at radius 3 is 2.75 bits per heavy atom. The van der Waals surface area contributed by atoms with Gasteiger partial charge in [0.1, 0.15) is 0 Å². The van der Waals surface area contributed by atoms with Crippen LogP contribution >= 0.6 is 0 Å². The molecule has 0 spiro atoms. The summed E-state index contributed by atoms with van der Waals surface area (Å²) in [6.45, 7) is 7.02. The van der Waals surface area contributed by atoms with Crippen LogP contribution in [0.4, 0.5) is 0 Å². The second-order valence-electron chi connectivity index (χ2n) is 5.46. The molecule has 4 nitrogen and oxygen atoms in total. The Kier molecular flexibility index (Phi) is 4.33. The van der Waals surface area contributed by atoms with Crippen molar-refractivity contribution >= 4 is 5.91 Å². The van der Waals surface area contributed by atoms with E-state index in [1.807, 2.05) is 6.92 Å². The number of aliphatic hydroxyl groups is 1. The molecular formula is C12H24N2O2. The largest absolute Gasteiger partial charge is 0.394 e. The van der Waals surface area contributed by atoms with Gasteiger partial charge in [0.2, 0.25) is 5.91 Å². The fourth-order valence-electron chi connectivity index (χ4n) is 2.18. The van der Waals surface area contributed by atoms with E-state index in [4.69, 9.17) is 5.11 Å². The van der Waals surface area contributed by atoms with Crippen LogP contribution in [0, 0.1) is 5.41 Å². The summed E-state index contributed by atoms with van der Waals surface area (Å²) in [5, 5.41) is 12.4. The SMILES string of the molecule is CC(CO)N(C)C(=O)C1NCCCC1(C)C. The Morgan fingerprint density at radius 2 is 2.25 bits per heavy atom. The number of hydrogen-bond donors (Lipinski definition) is 2. The zero-order valence-electron chi connectivity index (χ0n) is 10.8. The molecule has 1 aliphatic rings. The maximum atomic E-state index is 12.3. The molecule has 1 aliphatic heterocycles. The van der Waals surface area contributed by atoms with Gasteiger partial charge in [-0.3, -0.25) is 4.79 Å². The molecule has 1 amide bonds. The van der Waals surface area contributed by atoms with Crippen LogP contribution in [0.3, 0.4) is 0 Å². The van der Waals surface area contributed by atoms with Crippen molar-refractivity contribution in [1.29, 1.82) is 0 Å². The maximum Gasteiger partial charge on any atom is 0.240 e. The first-order chi connectivity index (χ1) is 7.40. The molecule has 1 rings (SSSR count). The number of carbonyl (C=O) groups excluding carboxylic acids is 1. The number of amides is 1. The number of hydrogen-bond acceptors (Lipinski definition) is 3. The average molecular weight is 228 g/mol. The molecule has 2 N–H and O–H groups in total. The van der Waals surface area contributed by atoms with E-state index in [0.717, 1.165) is 19.4 Å². The summed E-state index contributed by atoms with van der Waals surface area (Å²) in [7, 11) is 1.76. The summed E-state index contributed by atoms with van der Waals surface area (Å²) in [5.74, 6) is 0.0891. The van der Waals surface area contributed by atoms with Crippen molar-refractivity contribution in [3.63, 3.8) is 0 Å². The molecule has 0 aliphatic carbocycles. The number of carbonyl (C=O) groups is 1. The van der Waals surface area contributed by atoms with Crippen LogP contribution in [0.1, 0.15) is 33.6 Å². The molecule has 0 radical (unpaired) electrons. The quantitative estimate of drug-likeness (QED) is 0.744. The number of likely N-dealkylation sites (N-methyl/N-ethyl adjacent to an activating group) is 1. The number of rotatable bonds is 3. The molecule has 1 saturated heterocycles. The lowest BCUT2D eigenvalue weighted by Gasteiger charge is -2.41. The third-order valence-corrected chi connectivity index (χ3v) is 3.65. The fourth-order valence-corrected chi connectivity index (χ4v) is 2.18. The molecule has 1 fully saturated rings. The third-order valence-electron chi connectivity index (χ3n) is 3.65. The Labute approximate surface area is 98.0 Å². The van der Waals surface area contributed by atoms with Crippen LogP contribution in [-0.4, -0.2) is 48.2 Å². The van der Waals surface area contributed by atoms with E-state index in [1.165, 1.54) is 0 Å². The van der Waals surface area contributed by atoms with Gasteiger partial charge in [0.15, 0.2) is 0 Å². The highest BCUT2D eigenvalue weighted by Gasteiger charge is 2.39. The maximum absolute atomic E-state index is 12.3. The van der Waals surface area contributed by atoms with Gasteiger partial charge in [-0.15, -0.1) is 0 Å². The molecule has 0 aromatic rings. The molecule has 1 heterocycles. The van der Waals surface area contributed by atoms with E-state index < -0.39 is 0 Å². The summed E-state index contributed by atoms with van der Waals surface area (Å²) in [5.41, 5.74) is -0.00122. The zero-order valence-corrected chi connectivity index (χ0v) is 10.8. The van der Waals surface area contributed by atoms with Crippen LogP contribution in [-0.2, 0) is 4.79 Å². The topological polar surface area (TPSA) is 52.6 Å². The summed E-state index contributed by atoms with van der Waals surface area (Å²) in [4.78, 5) is 13.9. The van der Waals surface area contributed by atoms with Crippen LogP contribution in [0.5, 0.6) is 0 Å². The first-order valence-electron chi connectivity index (χ1n) is 6.01. The van der Waals surface area contributed by atoms with E-state index in [9.17, 15) is 4.79 Å². The lowest BCUT2D eigenvalue weighted by Crippen LogP contribution is -2.57. The van der Waals surface area contributed by atoms with Crippen LogP contribution < -0.4 is 5.32 Å². The van der Waals surface area contributed by atoms with Crippen LogP contribution in [0.25, 0.3) is 0 Å². The first kappa shape index (κ1) is 13.5. The Morgan fingerprint density at radius 1 is 1.62 bits per heavy atom. The summed E-state index contributed by atoms with van der Waals surface area (Å²) in [6.07, 6.45) is 2.19. The monoisotopic (exact) mass is 228 g/mol. The van der Waals surface area contributed by atoms with Gasteiger partial charge in [0.05, 0.1) is 18.7 Å². The van der Waals surface area contributed by atoms with Gasteiger partial charge in [0.25, 0.3) is 0 Å². The van der Waals surface area contributed by atoms with E-state index in [2.05, 4.69) is 19.2 Å². The Bertz CT molecular complexity index is 253. The van der Waals surface area contributed by atoms with Crippen molar-refractivity contribution in [3.05, 3.63) is 0 Å². The normalized spacial score (nSPS) is 26.2. The minimum atomic E-state index is -0.125. The molecule has 0 aromatic carbocycles. The number of nitrogens with zero attached hydrogens (tertiary/aromatic N) is 1. The van der Waals surface area contributed by atoms with E-state index in [-0.39, 0.29) is 30.0 Å². The van der Waals surface area contributed by atoms with Gasteiger partial charge in [-0.25, -0.2) is 0 Å². The minimum Gasteiger partial charge on any atom is -0.394 e. The highest BCUT2D eigenvalue weighted by atomic mass is 16.3. The van der Waals surface area contributed by atoms with Crippen molar-refractivity contribution in [2.75, 3.05) is 20.2 Å². The second-order valence-corrected chi connectivity index (χ2v) is 5.46. The van der Waals surface area contributed by atoms with Gasteiger partial charge >= 0.3 is 0 Å². The van der Waals surface area contributed by atoms with Crippen molar-refractivity contribution in [2.45, 2.75) is 45.7 Å². The molecule has 0 aromatic heterocycles. The van der Waals surface area contributed by atoms with Crippen molar-refractivity contribution < 1.29 is 9.90 Å². The molecule has 0 bridgehead atoms. The van der Waals surface area contributed by atoms with Gasteiger partial charge in [-0.1, -0.05) is 13.8 Å². The van der Waals surface area contributed by atoms with E-state index in [0.29, 0.717) is 0 Å². The first-order valence-corrected chi connectivity index (χ1v) is 6.01. The highest BCUT2D eigenvalue weighted by molar-refractivity contribution is 5.83. The Balaban J connectivity index is 2.71. The molecule has 4 heteroatoms. The van der Waals surface area contributed by atoms with Crippen molar-refractivity contribution in [2.24, 2.45) is 5.41 Å². The fraction of sp³-hybridized carbons (Fsp3) is 0.917. The third kappa shape index (κ3) is 2.74. The van der Waals surface area contributed by atoms with Gasteiger partial charge in [0, 0.05) is 7.05 Å². The number of nitrogens with one attached hydrogen (secondary N) is 1.